The second-order valence-electron chi connectivity index (χ2n) is 7.01. The van der Waals surface area contributed by atoms with Crippen molar-refractivity contribution in [1.82, 2.24) is 9.78 Å². The van der Waals surface area contributed by atoms with Crippen molar-refractivity contribution < 1.29 is 27.5 Å². The number of carbonyl (C=O) groups is 2. The lowest BCUT2D eigenvalue weighted by atomic mass is 10.1. The molecule has 0 saturated carbocycles. The monoisotopic (exact) mass is 487 g/mol. The third-order valence-corrected chi connectivity index (χ3v) is 5.70. The SMILES string of the molecule is CCOC(=O)c1nn(-c2ccccc2)c(=O)c2c(NC(=O)c3cccc(C(F)(F)F)c3)scc12. The Labute approximate surface area is 194 Å². The first kappa shape index (κ1) is 23.2. The number of carbonyl (C=O) groups excluding carboxylic acids is 2. The van der Waals surface area contributed by atoms with E-state index in [1.807, 2.05) is 0 Å². The van der Waals surface area contributed by atoms with Crippen LogP contribution in [0.1, 0.15) is 33.3 Å². The molecule has 0 aliphatic rings. The summed E-state index contributed by atoms with van der Waals surface area (Å²) < 4.78 is 45.2. The highest BCUT2D eigenvalue weighted by atomic mass is 32.1. The van der Waals surface area contributed by atoms with Gasteiger partial charge in [0, 0.05) is 16.3 Å². The van der Waals surface area contributed by atoms with E-state index in [0.717, 1.165) is 34.2 Å². The fraction of sp³-hybridized carbons (Fsp3) is 0.130. The van der Waals surface area contributed by atoms with Crippen LogP contribution in [0.2, 0.25) is 0 Å². The molecule has 2 aromatic heterocycles. The van der Waals surface area contributed by atoms with E-state index in [1.54, 1.807) is 37.3 Å². The van der Waals surface area contributed by atoms with Crippen LogP contribution in [-0.4, -0.2) is 28.3 Å². The Morgan fingerprint density at radius 2 is 1.85 bits per heavy atom. The van der Waals surface area contributed by atoms with E-state index in [4.69, 9.17) is 4.74 Å². The summed E-state index contributed by atoms with van der Waals surface area (Å²) in [5, 5.41) is 8.37. The second kappa shape index (κ2) is 9.10. The number of fused-ring (bicyclic) bond motifs is 1. The molecular weight excluding hydrogens is 471 g/mol. The van der Waals surface area contributed by atoms with Crippen LogP contribution in [0.5, 0.6) is 0 Å². The van der Waals surface area contributed by atoms with Crippen molar-refractivity contribution in [1.29, 1.82) is 0 Å². The number of para-hydroxylation sites is 1. The van der Waals surface area contributed by atoms with Gasteiger partial charge in [-0.3, -0.25) is 9.59 Å². The number of esters is 1. The number of alkyl halides is 3. The third kappa shape index (κ3) is 4.42. The molecule has 0 unspecified atom stereocenters. The number of hydrogen-bond acceptors (Lipinski definition) is 6. The van der Waals surface area contributed by atoms with Crippen molar-refractivity contribution >= 4 is 39.0 Å². The Morgan fingerprint density at radius 1 is 1.12 bits per heavy atom. The number of hydrogen-bond donors (Lipinski definition) is 1. The number of ether oxygens (including phenoxy) is 1. The summed E-state index contributed by atoms with van der Waals surface area (Å²) >= 11 is 0.948. The lowest BCUT2D eigenvalue weighted by Gasteiger charge is -2.10. The van der Waals surface area contributed by atoms with Crippen LogP contribution in [0.25, 0.3) is 16.5 Å². The van der Waals surface area contributed by atoms with Gasteiger partial charge in [0.2, 0.25) is 0 Å². The number of halogens is 3. The molecule has 0 radical (unpaired) electrons. The van der Waals surface area contributed by atoms with Gasteiger partial charge >= 0.3 is 12.1 Å². The van der Waals surface area contributed by atoms with E-state index in [2.05, 4.69) is 10.4 Å². The van der Waals surface area contributed by atoms with E-state index < -0.39 is 29.2 Å². The Kier molecular flexibility index (Phi) is 6.20. The molecule has 0 fully saturated rings. The number of aromatic nitrogens is 2. The summed E-state index contributed by atoms with van der Waals surface area (Å²) in [6.45, 7) is 1.70. The van der Waals surface area contributed by atoms with Gasteiger partial charge in [-0.15, -0.1) is 11.3 Å². The summed E-state index contributed by atoms with van der Waals surface area (Å²) in [4.78, 5) is 38.6. The summed E-state index contributed by atoms with van der Waals surface area (Å²) in [5.41, 5.74) is -1.58. The highest BCUT2D eigenvalue weighted by Crippen LogP contribution is 2.32. The van der Waals surface area contributed by atoms with Gasteiger partial charge in [-0.2, -0.15) is 23.0 Å². The van der Waals surface area contributed by atoms with Gasteiger partial charge in [0.15, 0.2) is 5.69 Å². The molecular formula is C23H16F3N3O4S. The Hall–Kier alpha value is -3.99. The van der Waals surface area contributed by atoms with Crippen molar-refractivity contribution in [3.8, 4) is 5.69 Å². The van der Waals surface area contributed by atoms with Crippen molar-refractivity contribution in [3.63, 3.8) is 0 Å². The van der Waals surface area contributed by atoms with Crippen LogP contribution >= 0.6 is 11.3 Å². The lowest BCUT2D eigenvalue weighted by Crippen LogP contribution is -2.25. The van der Waals surface area contributed by atoms with Crippen LogP contribution < -0.4 is 10.9 Å². The molecule has 34 heavy (non-hydrogen) atoms. The smallest absolute Gasteiger partial charge is 0.416 e. The molecule has 0 atom stereocenters. The molecule has 0 spiro atoms. The van der Waals surface area contributed by atoms with Crippen LogP contribution in [0.3, 0.4) is 0 Å². The average Bonchev–Trinajstić information content (AvgIpc) is 3.23. The standard InChI is InChI=1S/C23H16F3N3O4S/c1-2-33-22(32)18-16-12-34-20(17(16)21(31)29(28-18)15-9-4-3-5-10-15)27-19(30)13-7-6-8-14(11-13)23(24,25)26/h3-12H,2H2,1H3,(H,27,30). The third-order valence-electron chi connectivity index (χ3n) is 4.80. The second-order valence-corrected chi connectivity index (χ2v) is 7.89. The van der Waals surface area contributed by atoms with E-state index in [1.165, 1.54) is 11.4 Å². The number of amides is 1. The van der Waals surface area contributed by atoms with Gasteiger partial charge in [-0.05, 0) is 37.3 Å². The maximum absolute atomic E-state index is 13.3. The van der Waals surface area contributed by atoms with Crippen molar-refractivity contribution in [3.05, 3.63) is 87.2 Å². The van der Waals surface area contributed by atoms with Gasteiger partial charge < -0.3 is 10.1 Å². The molecule has 0 aliphatic carbocycles. The first-order valence-electron chi connectivity index (χ1n) is 9.96. The summed E-state index contributed by atoms with van der Waals surface area (Å²) in [6, 6.07) is 12.3. The molecule has 0 aliphatic heterocycles. The first-order chi connectivity index (χ1) is 16.2. The molecule has 4 aromatic rings. The van der Waals surface area contributed by atoms with Crippen molar-refractivity contribution in [2.45, 2.75) is 13.1 Å². The summed E-state index contributed by atoms with van der Waals surface area (Å²) in [5.74, 6) is -1.60. The van der Waals surface area contributed by atoms with Crippen LogP contribution in [0, 0.1) is 0 Å². The van der Waals surface area contributed by atoms with E-state index in [-0.39, 0.29) is 33.6 Å². The fourth-order valence-corrected chi connectivity index (χ4v) is 4.18. The molecule has 2 aromatic carbocycles. The van der Waals surface area contributed by atoms with E-state index >= 15 is 0 Å². The van der Waals surface area contributed by atoms with Gasteiger partial charge in [-0.1, -0.05) is 24.3 Å². The Morgan fingerprint density at radius 3 is 2.53 bits per heavy atom. The molecule has 174 valence electrons. The Bertz CT molecular complexity index is 1450. The van der Waals surface area contributed by atoms with Crippen LogP contribution in [0.4, 0.5) is 18.2 Å². The molecule has 7 nitrogen and oxygen atoms in total. The van der Waals surface area contributed by atoms with Gasteiger partial charge in [0.25, 0.3) is 11.5 Å². The summed E-state index contributed by atoms with van der Waals surface area (Å²) in [6.07, 6.45) is -4.62. The maximum Gasteiger partial charge on any atom is 0.416 e. The minimum absolute atomic E-state index is 0.00719. The summed E-state index contributed by atoms with van der Waals surface area (Å²) in [7, 11) is 0. The normalized spacial score (nSPS) is 11.4. The first-order valence-corrected chi connectivity index (χ1v) is 10.8. The van der Waals surface area contributed by atoms with Crippen molar-refractivity contribution in [2.75, 3.05) is 11.9 Å². The number of anilines is 1. The number of nitrogens with one attached hydrogen (secondary N) is 1. The van der Waals surface area contributed by atoms with Crippen LogP contribution in [0.15, 0.2) is 64.8 Å². The number of benzene rings is 2. The number of thiophene rings is 1. The highest BCUT2D eigenvalue weighted by molar-refractivity contribution is 7.16. The molecule has 4 rings (SSSR count). The molecule has 0 bridgehead atoms. The van der Waals surface area contributed by atoms with Gasteiger partial charge in [0.05, 0.1) is 23.2 Å². The quantitative estimate of drug-likeness (QED) is 0.405. The average molecular weight is 487 g/mol. The highest BCUT2D eigenvalue weighted by Gasteiger charge is 2.31. The number of rotatable bonds is 5. The molecule has 2 heterocycles. The topological polar surface area (TPSA) is 90.3 Å². The minimum atomic E-state index is -4.62. The predicted octanol–water partition coefficient (Wildman–Crippen LogP) is 4.90. The van der Waals surface area contributed by atoms with Crippen LogP contribution in [-0.2, 0) is 10.9 Å². The van der Waals surface area contributed by atoms with Crippen molar-refractivity contribution in [2.24, 2.45) is 0 Å². The van der Waals surface area contributed by atoms with E-state index in [9.17, 15) is 27.6 Å². The number of nitrogens with zero attached hydrogens (tertiary/aromatic N) is 2. The zero-order chi connectivity index (χ0) is 24.5. The van der Waals surface area contributed by atoms with Gasteiger partial charge in [-0.25, -0.2) is 4.79 Å². The minimum Gasteiger partial charge on any atom is -0.461 e. The fourth-order valence-electron chi connectivity index (χ4n) is 3.25. The molecule has 11 heteroatoms. The molecule has 1 N–H and O–H groups in total. The Balaban J connectivity index is 1.83. The zero-order valence-corrected chi connectivity index (χ0v) is 18.4. The predicted molar refractivity (Wildman–Crippen MR) is 121 cm³/mol. The molecule has 0 saturated heterocycles. The largest absolute Gasteiger partial charge is 0.461 e. The molecule has 1 amide bonds. The lowest BCUT2D eigenvalue weighted by molar-refractivity contribution is -0.137. The van der Waals surface area contributed by atoms with Gasteiger partial charge in [0.1, 0.15) is 5.00 Å². The zero-order valence-electron chi connectivity index (χ0n) is 17.6. The maximum atomic E-state index is 13.3. The van der Waals surface area contributed by atoms with E-state index in [0.29, 0.717) is 5.69 Å².